The number of carboxylic acids is 2. The average molecular weight is 594 g/mol. The van der Waals surface area contributed by atoms with E-state index >= 15 is 0 Å². The van der Waals surface area contributed by atoms with Crippen LogP contribution < -0.4 is 20.5 Å². The number of oxazole rings is 1. The number of carboxylic acid groups (broad SMARTS) is 2. The number of nitrogens with zero attached hydrogens (tertiary/aromatic N) is 1. The fraction of sp³-hybridized carbons (Fsp3) is 0.480. The van der Waals surface area contributed by atoms with Crippen LogP contribution in [-0.2, 0) is 16.0 Å². The second-order valence-corrected chi connectivity index (χ2v) is 9.85. The first-order chi connectivity index (χ1) is 17.4. The third kappa shape index (κ3) is 7.11. The molecule has 0 amide bonds. The number of aromatic nitrogens is 1. The summed E-state index contributed by atoms with van der Waals surface area (Å²) in [5, 5.41) is 22.6. The number of nitrogens with two attached hydrogens (primary N) is 1. The summed E-state index contributed by atoms with van der Waals surface area (Å²) in [6.45, 7) is 0.402. The zero-order valence-electron chi connectivity index (χ0n) is 21.2. The molecule has 4 rings (SSSR count). The lowest BCUT2D eigenvalue weighted by atomic mass is 9.72. The summed E-state index contributed by atoms with van der Waals surface area (Å²) in [5.41, 5.74) is 3.60. The Kier molecular flexibility index (Phi) is 10.2. The second-order valence-electron chi connectivity index (χ2n) is 9.85. The van der Waals surface area contributed by atoms with Crippen LogP contribution in [0.15, 0.2) is 34.9 Å². The van der Waals surface area contributed by atoms with Crippen LogP contribution in [0.3, 0.4) is 0 Å². The normalized spacial score (nSPS) is 22.7. The maximum atomic E-state index is 12.9. The zero-order valence-corrected chi connectivity index (χ0v) is 22.8. The van der Waals surface area contributed by atoms with Gasteiger partial charge in [0.15, 0.2) is 11.5 Å². The van der Waals surface area contributed by atoms with Gasteiger partial charge in [0.25, 0.3) is 0 Å². The lowest BCUT2D eigenvalue weighted by Crippen LogP contribution is -2.57. The number of alkyl halides is 2. The van der Waals surface area contributed by atoms with E-state index in [1.165, 1.54) is 37.4 Å². The van der Waals surface area contributed by atoms with Crippen LogP contribution in [0.1, 0.15) is 50.6 Å². The Bertz CT molecular complexity index is 1220. The van der Waals surface area contributed by atoms with E-state index in [-0.39, 0.29) is 66.5 Å². The van der Waals surface area contributed by atoms with Gasteiger partial charge in [-0.15, -0.1) is 24.8 Å². The molecule has 1 fully saturated rings. The third-order valence-corrected chi connectivity index (χ3v) is 6.57. The maximum Gasteiger partial charge on any atom is 0.387 e. The third-order valence-electron chi connectivity index (χ3n) is 6.57. The Balaban J connectivity index is 0.00000267. The Morgan fingerprint density at radius 1 is 1.23 bits per heavy atom. The number of ether oxygens (including phenoxy) is 2. The average Bonchev–Trinajstić information content (AvgIpc) is 3.55. The summed E-state index contributed by atoms with van der Waals surface area (Å²) in [4.78, 5) is 28.7. The first kappa shape index (κ1) is 32.1. The van der Waals surface area contributed by atoms with E-state index in [0.717, 1.165) is 12.8 Å². The van der Waals surface area contributed by atoms with Gasteiger partial charge < -0.3 is 35.2 Å². The van der Waals surface area contributed by atoms with E-state index in [1.54, 1.807) is 6.92 Å². The van der Waals surface area contributed by atoms with E-state index in [2.05, 4.69) is 15.0 Å². The van der Waals surface area contributed by atoms with Gasteiger partial charge in [0, 0.05) is 18.4 Å². The van der Waals surface area contributed by atoms with Crippen molar-refractivity contribution in [1.82, 2.24) is 10.3 Å². The molecule has 0 radical (unpaired) electrons. The quantitative estimate of drug-likeness (QED) is 0.291. The van der Waals surface area contributed by atoms with Crippen molar-refractivity contribution in [3.63, 3.8) is 0 Å². The zero-order chi connectivity index (χ0) is 27.0. The van der Waals surface area contributed by atoms with Crippen molar-refractivity contribution in [3.8, 4) is 23.0 Å². The molecule has 2 heterocycles. The number of rotatable bonds is 11. The lowest BCUT2D eigenvalue weighted by molar-refractivity contribution is -0.151. The fourth-order valence-corrected chi connectivity index (χ4v) is 4.29. The summed E-state index contributed by atoms with van der Waals surface area (Å²) in [6.07, 6.45) is 4.27. The molecule has 2 unspecified atom stereocenters. The standard InChI is InChI=1S/C25H29F2N3O7.2ClH/c1-13(28)19-16(10-25(22(33)34)12-24(2,21(31)32)7-8-29-25)30-20(37-19)15-5-6-17(36-23(26)27)18(9-15)35-11-14-3-4-14;;/h5-9,13-14,23,29H,3-4,10-12,28H2,1-2H3,(H,31,32)(H,33,34);2*1H/t13?,24?,25-;;/m1../s1. The molecule has 1 aliphatic carbocycles. The minimum atomic E-state index is -3.03. The number of halogens is 4. The molecule has 2 aliphatic rings. The molecule has 2 aromatic rings. The molecule has 1 aromatic heterocycles. The molecule has 0 saturated heterocycles. The van der Waals surface area contributed by atoms with Gasteiger partial charge in [-0.3, -0.25) is 4.79 Å². The Labute approximate surface area is 235 Å². The molecule has 216 valence electrons. The van der Waals surface area contributed by atoms with Crippen molar-refractivity contribution in [1.29, 1.82) is 0 Å². The summed E-state index contributed by atoms with van der Waals surface area (Å²) in [6, 6.07) is 3.60. The molecule has 1 aromatic carbocycles. The van der Waals surface area contributed by atoms with E-state index in [0.29, 0.717) is 18.1 Å². The highest BCUT2D eigenvalue weighted by atomic mass is 35.5. The molecular formula is C25H31Cl2F2N3O7. The van der Waals surface area contributed by atoms with Crippen LogP contribution in [0.25, 0.3) is 11.5 Å². The molecule has 10 nitrogen and oxygen atoms in total. The van der Waals surface area contributed by atoms with Gasteiger partial charge in [0.05, 0.1) is 23.8 Å². The van der Waals surface area contributed by atoms with Gasteiger partial charge in [0.2, 0.25) is 5.89 Å². The highest BCUT2D eigenvalue weighted by Crippen LogP contribution is 2.39. The van der Waals surface area contributed by atoms with Gasteiger partial charge >= 0.3 is 18.6 Å². The van der Waals surface area contributed by atoms with Crippen LogP contribution in [0.4, 0.5) is 8.78 Å². The maximum absolute atomic E-state index is 12.9. The number of benzene rings is 1. The predicted molar refractivity (Wildman–Crippen MR) is 141 cm³/mol. The molecule has 1 aliphatic heterocycles. The first-order valence-electron chi connectivity index (χ1n) is 11.8. The van der Waals surface area contributed by atoms with Crippen LogP contribution in [0.5, 0.6) is 11.5 Å². The summed E-state index contributed by atoms with van der Waals surface area (Å²) in [7, 11) is 0. The number of nitrogens with one attached hydrogen (secondary N) is 1. The first-order valence-corrected chi connectivity index (χ1v) is 11.8. The number of hydrogen-bond donors (Lipinski definition) is 4. The predicted octanol–water partition coefficient (Wildman–Crippen LogP) is 4.56. The van der Waals surface area contributed by atoms with Crippen molar-refractivity contribution >= 4 is 36.8 Å². The van der Waals surface area contributed by atoms with E-state index in [1.807, 2.05) is 0 Å². The monoisotopic (exact) mass is 593 g/mol. The van der Waals surface area contributed by atoms with E-state index < -0.39 is 35.5 Å². The van der Waals surface area contributed by atoms with Gasteiger partial charge in [-0.25, -0.2) is 9.78 Å². The Morgan fingerprint density at radius 3 is 2.49 bits per heavy atom. The van der Waals surface area contributed by atoms with E-state index in [9.17, 15) is 28.6 Å². The highest BCUT2D eigenvalue weighted by molar-refractivity contribution is 5.86. The van der Waals surface area contributed by atoms with Crippen LogP contribution in [-0.4, -0.2) is 45.9 Å². The van der Waals surface area contributed by atoms with Gasteiger partial charge in [-0.1, -0.05) is 6.08 Å². The van der Waals surface area contributed by atoms with Crippen LogP contribution >= 0.6 is 24.8 Å². The van der Waals surface area contributed by atoms with Crippen LogP contribution in [0.2, 0.25) is 0 Å². The van der Waals surface area contributed by atoms with E-state index in [4.69, 9.17) is 14.9 Å². The topological polar surface area (TPSA) is 157 Å². The van der Waals surface area contributed by atoms with Gasteiger partial charge in [-0.05, 0) is 57.0 Å². The molecule has 5 N–H and O–H groups in total. The molecule has 0 spiro atoms. The smallest absolute Gasteiger partial charge is 0.387 e. The molecule has 1 saturated carbocycles. The molecular weight excluding hydrogens is 563 g/mol. The van der Waals surface area contributed by atoms with Crippen molar-refractivity contribution in [2.24, 2.45) is 17.1 Å². The second kappa shape index (κ2) is 12.4. The molecule has 39 heavy (non-hydrogen) atoms. The lowest BCUT2D eigenvalue weighted by Gasteiger charge is -2.39. The van der Waals surface area contributed by atoms with Crippen molar-refractivity contribution < 1.29 is 42.5 Å². The van der Waals surface area contributed by atoms with Crippen molar-refractivity contribution in [3.05, 3.63) is 41.9 Å². The number of aliphatic carboxylic acids is 2. The molecule has 3 atom stereocenters. The largest absolute Gasteiger partial charge is 0.489 e. The summed E-state index contributed by atoms with van der Waals surface area (Å²) in [5.74, 6) is -1.78. The SMILES string of the molecule is CC(N)c1oc(-c2ccc(OC(F)F)c(OCC3CC3)c2)nc1C[C@]1(C(=O)O)CC(C)(C(=O)O)C=CN1.Cl.Cl. The van der Waals surface area contributed by atoms with Gasteiger partial charge in [-0.2, -0.15) is 8.78 Å². The number of carbonyl (C=O) groups is 2. The summed E-state index contributed by atoms with van der Waals surface area (Å²) >= 11 is 0. The minimum Gasteiger partial charge on any atom is -0.489 e. The van der Waals surface area contributed by atoms with Crippen LogP contribution in [0, 0.1) is 11.3 Å². The molecule has 14 heteroatoms. The highest BCUT2D eigenvalue weighted by Gasteiger charge is 2.50. The Hall–Kier alpha value is -3.09. The fourth-order valence-electron chi connectivity index (χ4n) is 4.29. The van der Waals surface area contributed by atoms with Crippen molar-refractivity contribution in [2.45, 2.75) is 57.7 Å². The van der Waals surface area contributed by atoms with Crippen molar-refractivity contribution in [2.75, 3.05) is 6.61 Å². The van der Waals surface area contributed by atoms with Gasteiger partial charge in [0.1, 0.15) is 11.3 Å². The minimum absolute atomic E-state index is 0. The summed E-state index contributed by atoms with van der Waals surface area (Å²) < 4.78 is 42.0. The molecule has 0 bridgehead atoms. The number of hydrogen-bond acceptors (Lipinski definition) is 8. The Morgan fingerprint density at radius 2 is 1.92 bits per heavy atom.